The van der Waals surface area contributed by atoms with Crippen molar-refractivity contribution in [1.82, 2.24) is 5.32 Å². The van der Waals surface area contributed by atoms with Crippen molar-refractivity contribution in [2.75, 3.05) is 20.3 Å². The van der Waals surface area contributed by atoms with Gasteiger partial charge in [0.25, 0.3) is 0 Å². The molecule has 2 rings (SSSR count). The molecule has 112 valence electrons. The Bertz CT molecular complexity index is 594. The Kier molecular flexibility index (Phi) is 6.51. The van der Waals surface area contributed by atoms with E-state index >= 15 is 0 Å². The topological polar surface area (TPSA) is 21.3 Å². The summed E-state index contributed by atoms with van der Waals surface area (Å²) in [6.45, 7) is 2.07. The van der Waals surface area contributed by atoms with Gasteiger partial charge in [0, 0.05) is 35.0 Å². The van der Waals surface area contributed by atoms with Crippen LogP contribution >= 0.6 is 23.4 Å². The van der Waals surface area contributed by atoms with Gasteiger partial charge in [-0.2, -0.15) is 0 Å². The van der Waals surface area contributed by atoms with Crippen LogP contribution in [0.2, 0.25) is 5.02 Å². The lowest BCUT2D eigenvalue weighted by atomic mass is 10.2. The van der Waals surface area contributed by atoms with Crippen molar-refractivity contribution in [3.05, 3.63) is 58.9 Å². The van der Waals surface area contributed by atoms with Crippen molar-refractivity contribution in [1.29, 1.82) is 0 Å². The molecule has 1 N–H and O–H groups in total. The van der Waals surface area contributed by atoms with Crippen molar-refractivity contribution in [3.8, 4) is 0 Å². The molecular weight excluding hydrogens is 309 g/mol. The SMILES string of the molecule is COCCNCc1cc(Cl)ccc1Sc1ccccc1F. The van der Waals surface area contributed by atoms with Gasteiger partial charge in [0.2, 0.25) is 0 Å². The number of ether oxygens (including phenoxy) is 1. The van der Waals surface area contributed by atoms with Crippen LogP contribution in [0, 0.1) is 5.82 Å². The third-order valence-corrected chi connectivity index (χ3v) is 4.28. The molecule has 0 fully saturated rings. The molecule has 21 heavy (non-hydrogen) atoms. The van der Waals surface area contributed by atoms with E-state index in [4.69, 9.17) is 16.3 Å². The maximum Gasteiger partial charge on any atom is 0.137 e. The molecule has 0 aliphatic carbocycles. The minimum absolute atomic E-state index is 0.212. The van der Waals surface area contributed by atoms with Crippen molar-refractivity contribution < 1.29 is 9.13 Å². The molecule has 2 nitrogen and oxygen atoms in total. The first-order valence-electron chi connectivity index (χ1n) is 6.61. The zero-order chi connectivity index (χ0) is 15.1. The third-order valence-electron chi connectivity index (χ3n) is 2.88. The predicted molar refractivity (Wildman–Crippen MR) is 85.6 cm³/mol. The first-order chi connectivity index (χ1) is 10.2. The lowest BCUT2D eigenvalue weighted by molar-refractivity contribution is 0.199. The first kappa shape index (κ1) is 16.3. The molecular formula is C16H17ClFNOS. The minimum atomic E-state index is -0.212. The van der Waals surface area contributed by atoms with Crippen LogP contribution in [0.4, 0.5) is 4.39 Å². The number of rotatable bonds is 7. The Labute approximate surface area is 133 Å². The van der Waals surface area contributed by atoms with Crippen LogP contribution in [0.3, 0.4) is 0 Å². The van der Waals surface area contributed by atoms with E-state index in [-0.39, 0.29) is 5.82 Å². The second-order valence-corrected chi connectivity index (χ2v) is 5.97. The quantitative estimate of drug-likeness (QED) is 0.764. The van der Waals surface area contributed by atoms with E-state index < -0.39 is 0 Å². The van der Waals surface area contributed by atoms with Crippen molar-refractivity contribution >= 4 is 23.4 Å². The zero-order valence-corrected chi connectivity index (χ0v) is 13.3. The van der Waals surface area contributed by atoms with Crippen molar-refractivity contribution in [3.63, 3.8) is 0 Å². The highest BCUT2D eigenvalue weighted by molar-refractivity contribution is 7.99. The highest BCUT2D eigenvalue weighted by atomic mass is 35.5. The fourth-order valence-corrected chi connectivity index (χ4v) is 2.97. The summed E-state index contributed by atoms with van der Waals surface area (Å²) in [7, 11) is 1.67. The number of benzene rings is 2. The number of hydrogen-bond acceptors (Lipinski definition) is 3. The summed E-state index contributed by atoms with van der Waals surface area (Å²) in [6, 6.07) is 12.4. The average molecular weight is 326 g/mol. The van der Waals surface area contributed by atoms with Crippen LogP contribution in [-0.4, -0.2) is 20.3 Å². The Morgan fingerprint density at radius 3 is 2.76 bits per heavy atom. The molecule has 0 saturated heterocycles. The first-order valence-corrected chi connectivity index (χ1v) is 7.80. The summed E-state index contributed by atoms with van der Waals surface area (Å²) >= 11 is 7.46. The summed E-state index contributed by atoms with van der Waals surface area (Å²) < 4.78 is 18.8. The summed E-state index contributed by atoms with van der Waals surface area (Å²) in [4.78, 5) is 1.60. The van der Waals surface area contributed by atoms with Crippen LogP contribution < -0.4 is 5.32 Å². The zero-order valence-electron chi connectivity index (χ0n) is 11.7. The van der Waals surface area contributed by atoms with Gasteiger partial charge in [0.15, 0.2) is 0 Å². The molecule has 0 unspecified atom stereocenters. The minimum Gasteiger partial charge on any atom is -0.383 e. The van der Waals surface area contributed by atoms with Crippen LogP contribution in [0.1, 0.15) is 5.56 Å². The van der Waals surface area contributed by atoms with Crippen LogP contribution in [0.15, 0.2) is 52.3 Å². The highest BCUT2D eigenvalue weighted by Gasteiger charge is 2.08. The van der Waals surface area contributed by atoms with Gasteiger partial charge >= 0.3 is 0 Å². The van der Waals surface area contributed by atoms with Gasteiger partial charge in [-0.15, -0.1) is 0 Å². The smallest absolute Gasteiger partial charge is 0.137 e. The second-order valence-electron chi connectivity index (χ2n) is 4.45. The average Bonchev–Trinajstić information content (AvgIpc) is 2.48. The molecule has 0 aromatic heterocycles. The normalized spacial score (nSPS) is 10.8. The Hall–Kier alpha value is -1.07. The monoisotopic (exact) mass is 325 g/mol. The molecule has 0 aliphatic heterocycles. The Balaban J connectivity index is 2.13. The van der Waals surface area contributed by atoms with Crippen LogP contribution in [0.25, 0.3) is 0 Å². The highest BCUT2D eigenvalue weighted by Crippen LogP contribution is 2.33. The van der Waals surface area contributed by atoms with E-state index in [1.54, 1.807) is 19.2 Å². The number of hydrogen-bond donors (Lipinski definition) is 1. The molecule has 0 radical (unpaired) electrons. The van der Waals surface area contributed by atoms with E-state index in [1.165, 1.54) is 17.8 Å². The fraction of sp³-hybridized carbons (Fsp3) is 0.250. The largest absolute Gasteiger partial charge is 0.383 e. The van der Waals surface area contributed by atoms with E-state index in [1.807, 2.05) is 24.3 Å². The maximum atomic E-state index is 13.8. The second kappa shape index (κ2) is 8.39. The van der Waals surface area contributed by atoms with Gasteiger partial charge in [-0.1, -0.05) is 35.5 Å². The van der Waals surface area contributed by atoms with Gasteiger partial charge < -0.3 is 10.1 Å². The van der Waals surface area contributed by atoms with E-state index in [9.17, 15) is 4.39 Å². The molecule has 0 bridgehead atoms. The van der Waals surface area contributed by atoms with Gasteiger partial charge in [-0.05, 0) is 35.9 Å². The number of methoxy groups -OCH3 is 1. The molecule has 5 heteroatoms. The van der Waals surface area contributed by atoms with Crippen molar-refractivity contribution in [2.45, 2.75) is 16.3 Å². The fourth-order valence-electron chi connectivity index (χ4n) is 1.83. The predicted octanol–water partition coefficient (Wildman–Crippen LogP) is 4.37. The lowest BCUT2D eigenvalue weighted by Gasteiger charge is -2.11. The van der Waals surface area contributed by atoms with Crippen LogP contribution in [-0.2, 0) is 11.3 Å². The standard InChI is InChI=1S/C16H17ClFNOS/c1-20-9-8-19-11-12-10-13(17)6-7-15(12)21-16-5-3-2-4-14(16)18/h2-7,10,19H,8-9,11H2,1H3. The molecule has 2 aromatic carbocycles. The Morgan fingerprint density at radius 1 is 1.19 bits per heavy atom. The molecule has 0 amide bonds. The molecule has 0 atom stereocenters. The molecule has 0 saturated carbocycles. The number of nitrogens with one attached hydrogen (secondary N) is 1. The summed E-state index contributed by atoms with van der Waals surface area (Å²) in [5, 5.41) is 3.96. The third kappa shape index (κ3) is 5.00. The number of halogens is 2. The van der Waals surface area contributed by atoms with Gasteiger partial charge in [-0.25, -0.2) is 4.39 Å². The molecule has 0 heterocycles. The van der Waals surface area contributed by atoms with Gasteiger partial charge in [-0.3, -0.25) is 0 Å². The van der Waals surface area contributed by atoms with Gasteiger partial charge in [0.05, 0.1) is 6.61 Å². The molecule has 0 aliphatic rings. The van der Waals surface area contributed by atoms with Gasteiger partial charge in [0.1, 0.15) is 5.82 Å². The lowest BCUT2D eigenvalue weighted by Crippen LogP contribution is -2.18. The summed E-state index contributed by atoms with van der Waals surface area (Å²) in [6.07, 6.45) is 0. The Morgan fingerprint density at radius 2 is 2.00 bits per heavy atom. The van der Waals surface area contributed by atoms with Crippen molar-refractivity contribution in [2.24, 2.45) is 0 Å². The molecule has 0 spiro atoms. The van der Waals surface area contributed by atoms with E-state index in [0.717, 1.165) is 17.0 Å². The maximum absolute atomic E-state index is 13.8. The summed E-state index contributed by atoms with van der Waals surface area (Å²) in [5.41, 5.74) is 1.05. The van der Waals surface area contributed by atoms with Crippen LogP contribution in [0.5, 0.6) is 0 Å². The molecule has 2 aromatic rings. The summed E-state index contributed by atoms with van der Waals surface area (Å²) in [5.74, 6) is -0.212. The van der Waals surface area contributed by atoms with E-state index in [2.05, 4.69) is 5.32 Å². The van der Waals surface area contributed by atoms with E-state index in [0.29, 0.717) is 23.1 Å².